The van der Waals surface area contributed by atoms with Crippen LogP contribution in [0.25, 0.3) is 10.8 Å². The minimum absolute atomic E-state index is 0.00977. The van der Waals surface area contributed by atoms with Crippen LogP contribution in [0.3, 0.4) is 0 Å². The van der Waals surface area contributed by atoms with Gasteiger partial charge in [0.2, 0.25) is 11.8 Å². The van der Waals surface area contributed by atoms with Gasteiger partial charge in [-0.25, -0.2) is 4.98 Å². The molecular formula is C19H23N3O3S. The predicted octanol–water partition coefficient (Wildman–Crippen LogP) is 2.77. The van der Waals surface area contributed by atoms with Crippen molar-refractivity contribution in [2.45, 2.75) is 45.1 Å². The molecule has 3 heterocycles. The number of likely N-dealkylation sites (tertiary alicyclic amines) is 1. The average molecular weight is 373 g/mol. The molecule has 2 aromatic heterocycles. The Morgan fingerprint density at radius 2 is 2.04 bits per heavy atom. The first-order chi connectivity index (χ1) is 12.6. The summed E-state index contributed by atoms with van der Waals surface area (Å²) >= 11 is 1.49. The van der Waals surface area contributed by atoms with Gasteiger partial charge in [0, 0.05) is 30.4 Å². The summed E-state index contributed by atoms with van der Waals surface area (Å²) in [6, 6.07) is 3.95. The van der Waals surface area contributed by atoms with Gasteiger partial charge in [-0.2, -0.15) is 0 Å². The number of hydrogen-bond donors (Lipinski definition) is 1. The van der Waals surface area contributed by atoms with Crippen LogP contribution in [0.2, 0.25) is 0 Å². The molecule has 0 aromatic carbocycles. The molecule has 6 nitrogen and oxygen atoms in total. The highest BCUT2D eigenvalue weighted by atomic mass is 32.1. The summed E-state index contributed by atoms with van der Waals surface area (Å²) in [5.74, 6) is 2.16. The number of rotatable bonds is 5. The number of furan rings is 1. The van der Waals surface area contributed by atoms with Crippen LogP contribution in [0, 0.1) is 12.8 Å². The number of thiazole rings is 1. The van der Waals surface area contributed by atoms with Crippen LogP contribution in [-0.2, 0) is 16.0 Å². The van der Waals surface area contributed by atoms with Gasteiger partial charge in [-0.05, 0) is 44.7 Å². The normalized spacial score (nSPS) is 18.1. The third-order valence-corrected chi connectivity index (χ3v) is 5.85. The van der Waals surface area contributed by atoms with Crippen molar-refractivity contribution in [2.75, 3.05) is 13.1 Å². The van der Waals surface area contributed by atoms with E-state index in [1.807, 2.05) is 29.3 Å². The molecule has 0 radical (unpaired) electrons. The molecule has 2 fully saturated rings. The molecule has 2 aromatic rings. The third-order valence-electron chi connectivity index (χ3n) is 4.94. The van der Waals surface area contributed by atoms with Gasteiger partial charge in [-0.3, -0.25) is 9.59 Å². The number of nitrogens with zero attached hydrogens (tertiary/aromatic N) is 2. The topological polar surface area (TPSA) is 75.4 Å². The molecule has 0 bridgehead atoms. The Bertz CT molecular complexity index is 801. The summed E-state index contributed by atoms with van der Waals surface area (Å²) in [5.41, 5.74) is 0.762. The van der Waals surface area contributed by atoms with E-state index < -0.39 is 0 Å². The SMILES string of the molecule is Cc1ccc(-c2nc(CC(=O)NC3CCN(C(=O)C4CC4)CC3)cs2)o1. The minimum Gasteiger partial charge on any atom is -0.459 e. The molecule has 138 valence electrons. The first-order valence-electron chi connectivity index (χ1n) is 9.18. The second-order valence-corrected chi connectivity index (χ2v) is 8.03. The number of hydrogen-bond acceptors (Lipinski definition) is 5. The fourth-order valence-corrected chi connectivity index (χ4v) is 4.11. The Balaban J connectivity index is 1.25. The molecular weight excluding hydrogens is 350 g/mol. The number of piperidine rings is 1. The van der Waals surface area contributed by atoms with Gasteiger partial charge >= 0.3 is 0 Å². The molecule has 0 atom stereocenters. The van der Waals surface area contributed by atoms with Crippen LogP contribution in [0.15, 0.2) is 21.9 Å². The second kappa shape index (κ2) is 7.23. The zero-order valence-electron chi connectivity index (χ0n) is 14.9. The predicted molar refractivity (Wildman–Crippen MR) is 98.7 cm³/mol. The summed E-state index contributed by atoms with van der Waals surface area (Å²) < 4.78 is 5.58. The molecule has 0 spiro atoms. The zero-order chi connectivity index (χ0) is 18.1. The summed E-state index contributed by atoms with van der Waals surface area (Å²) in [6.45, 7) is 3.40. The highest BCUT2D eigenvalue weighted by molar-refractivity contribution is 7.13. The standard InChI is InChI=1S/C19H23N3O3S/c1-12-2-5-16(25-12)18-21-15(11-26-18)10-17(23)20-14-6-8-22(9-7-14)19(24)13-3-4-13/h2,5,11,13-14H,3-4,6-10H2,1H3,(H,20,23). The monoisotopic (exact) mass is 373 g/mol. The Kier molecular flexibility index (Phi) is 4.80. The van der Waals surface area contributed by atoms with Crippen LogP contribution >= 0.6 is 11.3 Å². The van der Waals surface area contributed by atoms with Crippen molar-refractivity contribution in [2.24, 2.45) is 5.92 Å². The third kappa shape index (κ3) is 3.98. The maximum atomic E-state index is 12.3. The van der Waals surface area contributed by atoms with Crippen LogP contribution in [0.4, 0.5) is 0 Å². The van der Waals surface area contributed by atoms with Crippen molar-refractivity contribution in [3.8, 4) is 10.8 Å². The van der Waals surface area contributed by atoms with E-state index in [0.717, 1.165) is 61.0 Å². The molecule has 2 amide bonds. The second-order valence-electron chi connectivity index (χ2n) is 7.17. The molecule has 2 aliphatic rings. The van der Waals surface area contributed by atoms with Crippen molar-refractivity contribution in [3.63, 3.8) is 0 Å². The summed E-state index contributed by atoms with van der Waals surface area (Å²) in [5, 5.41) is 5.79. The summed E-state index contributed by atoms with van der Waals surface area (Å²) in [6.07, 6.45) is 4.03. The lowest BCUT2D eigenvalue weighted by Gasteiger charge is -2.32. The van der Waals surface area contributed by atoms with E-state index in [9.17, 15) is 9.59 Å². The van der Waals surface area contributed by atoms with E-state index >= 15 is 0 Å². The summed E-state index contributed by atoms with van der Waals surface area (Å²) in [4.78, 5) is 30.8. The quantitative estimate of drug-likeness (QED) is 0.874. The maximum absolute atomic E-state index is 12.3. The van der Waals surface area contributed by atoms with E-state index in [2.05, 4.69) is 10.3 Å². The molecule has 1 aliphatic carbocycles. The first-order valence-corrected chi connectivity index (χ1v) is 10.1. The fraction of sp³-hybridized carbons (Fsp3) is 0.526. The Labute approximate surface area is 156 Å². The highest BCUT2D eigenvalue weighted by Crippen LogP contribution is 2.32. The minimum atomic E-state index is -0.00977. The van der Waals surface area contributed by atoms with Gasteiger partial charge in [0.05, 0.1) is 12.1 Å². The highest BCUT2D eigenvalue weighted by Gasteiger charge is 2.35. The number of nitrogens with one attached hydrogen (secondary N) is 1. The Hall–Kier alpha value is -2.15. The molecule has 1 aliphatic heterocycles. The van der Waals surface area contributed by atoms with E-state index in [-0.39, 0.29) is 24.3 Å². The number of amides is 2. The van der Waals surface area contributed by atoms with Crippen molar-refractivity contribution >= 4 is 23.2 Å². The smallest absolute Gasteiger partial charge is 0.226 e. The van der Waals surface area contributed by atoms with Gasteiger partial charge in [0.15, 0.2) is 10.8 Å². The lowest BCUT2D eigenvalue weighted by molar-refractivity contribution is -0.133. The van der Waals surface area contributed by atoms with Crippen molar-refractivity contribution in [3.05, 3.63) is 29.0 Å². The van der Waals surface area contributed by atoms with Crippen LogP contribution in [-0.4, -0.2) is 40.8 Å². The van der Waals surface area contributed by atoms with Crippen molar-refractivity contribution in [1.29, 1.82) is 0 Å². The lowest BCUT2D eigenvalue weighted by Crippen LogP contribution is -2.47. The molecule has 4 rings (SSSR count). The maximum Gasteiger partial charge on any atom is 0.226 e. The van der Waals surface area contributed by atoms with Gasteiger partial charge in [-0.1, -0.05) is 0 Å². The largest absolute Gasteiger partial charge is 0.459 e. The van der Waals surface area contributed by atoms with Crippen LogP contribution in [0.1, 0.15) is 37.1 Å². The van der Waals surface area contributed by atoms with E-state index in [4.69, 9.17) is 4.42 Å². The van der Waals surface area contributed by atoms with E-state index in [0.29, 0.717) is 5.91 Å². The van der Waals surface area contributed by atoms with Crippen molar-refractivity contribution in [1.82, 2.24) is 15.2 Å². The average Bonchev–Trinajstić information content (AvgIpc) is 3.23. The van der Waals surface area contributed by atoms with Gasteiger partial charge in [-0.15, -0.1) is 11.3 Å². The van der Waals surface area contributed by atoms with Gasteiger partial charge in [0.25, 0.3) is 0 Å². The first kappa shape index (κ1) is 17.3. The lowest BCUT2D eigenvalue weighted by atomic mass is 10.0. The Morgan fingerprint density at radius 3 is 2.69 bits per heavy atom. The van der Waals surface area contributed by atoms with Crippen molar-refractivity contribution < 1.29 is 14.0 Å². The fourth-order valence-electron chi connectivity index (χ4n) is 3.33. The molecule has 0 unspecified atom stereocenters. The molecule has 1 saturated heterocycles. The number of carbonyl (C=O) groups excluding carboxylic acids is 2. The molecule has 1 N–H and O–H groups in total. The molecule has 1 saturated carbocycles. The number of aryl methyl sites for hydroxylation is 1. The molecule has 26 heavy (non-hydrogen) atoms. The van der Waals surface area contributed by atoms with E-state index in [1.165, 1.54) is 11.3 Å². The van der Waals surface area contributed by atoms with Gasteiger partial charge < -0.3 is 14.6 Å². The van der Waals surface area contributed by atoms with E-state index in [1.54, 1.807) is 0 Å². The Morgan fingerprint density at radius 1 is 1.27 bits per heavy atom. The van der Waals surface area contributed by atoms with Gasteiger partial charge in [0.1, 0.15) is 5.76 Å². The molecule has 7 heteroatoms. The van der Waals surface area contributed by atoms with Crippen LogP contribution < -0.4 is 5.32 Å². The number of aromatic nitrogens is 1. The number of carbonyl (C=O) groups is 2. The zero-order valence-corrected chi connectivity index (χ0v) is 15.7. The van der Waals surface area contributed by atoms with Crippen LogP contribution in [0.5, 0.6) is 0 Å². The summed E-state index contributed by atoms with van der Waals surface area (Å²) in [7, 11) is 0.